The molecule has 0 aromatic carbocycles. The quantitative estimate of drug-likeness (QED) is 0.0508. The predicted octanol–water partition coefficient (Wildman–Crippen LogP) is -5.00. The van der Waals surface area contributed by atoms with Crippen LogP contribution >= 0.6 is 0 Å². The standard InChI is InChI=1S/4C6H8O7.3Mo/c4*7-3(8)1-6(13,5(11)12)2-4(9)10;;;/h4*13H,1-2H2,(H,7,8)(H,9,10)(H,11,12);;;. The molecule has 0 fully saturated rings. The summed E-state index contributed by atoms with van der Waals surface area (Å²) in [5.41, 5.74) is -11.0. The topological polar surface area (TPSA) is 529 Å². The van der Waals surface area contributed by atoms with Crippen LogP contribution in [0, 0.1) is 0 Å². The van der Waals surface area contributed by atoms with E-state index < -0.39 is 145 Å². The van der Waals surface area contributed by atoms with Crippen LogP contribution in [0.25, 0.3) is 0 Å². The molecule has 0 aromatic heterocycles. The van der Waals surface area contributed by atoms with Gasteiger partial charge in [0, 0.05) is 63.2 Å². The van der Waals surface area contributed by atoms with Gasteiger partial charge in [0.05, 0.1) is 51.4 Å². The summed E-state index contributed by atoms with van der Waals surface area (Å²) >= 11 is 0. The zero-order valence-corrected chi connectivity index (χ0v) is 33.0. The Balaban J connectivity index is -0.000000110. The first-order valence-electron chi connectivity index (χ1n) is 12.7. The van der Waals surface area contributed by atoms with Crippen molar-refractivity contribution in [2.24, 2.45) is 0 Å². The van der Waals surface area contributed by atoms with Crippen molar-refractivity contribution in [1.82, 2.24) is 0 Å². The van der Waals surface area contributed by atoms with Crippen LogP contribution in [0.4, 0.5) is 0 Å². The van der Waals surface area contributed by atoms with E-state index in [1.165, 1.54) is 0 Å². The van der Waals surface area contributed by atoms with Gasteiger partial charge in [0.2, 0.25) is 0 Å². The Kier molecular flexibility index (Phi) is 34.4. The van der Waals surface area contributed by atoms with Crippen LogP contribution < -0.4 is 0 Å². The van der Waals surface area contributed by atoms with Gasteiger partial charge in [-0.3, -0.25) is 38.4 Å². The van der Waals surface area contributed by atoms with Gasteiger partial charge in [-0.1, -0.05) is 0 Å². The largest absolute Gasteiger partial charge is 0.481 e. The first kappa shape index (κ1) is 65.4. The van der Waals surface area contributed by atoms with Crippen molar-refractivity contribution in [3.8, 4) is 0 Å². The number of aliphatic carboxylic acids is 12. The van der Waals surface area contributed by atoms with Crippen molar-refractivity contribution >= 4 is 71.6 Å². The van der Waals surface area contributed by atoms with E-state index in [0.29, 0.717) is 0 Å². The number of hydrogen-bond donors (Lipinski definition) is 16. The van der Waals surface area contributed by atoms with Crippen LogP contribution in [0.15, 0.2) is 0 Å². The molecule has 0 unspecified atom stereocenters. The zero-order chi connectivity index (χ0) is 42.6. The molecule has 0 amide bonds. The fourth-order valence-electron chi connectivity index (χ4n) is 2.86. The van der Waals surface area contributed by atoms with E-state index in [0.717, 1.165) is 0 Å². The molecule has 28 nitrogen and oxygen atoms in total. The maximum absolute atomic E-state index is 10.3. The molecular formula is C24H32Mo3O28. The molecule has 0 heterocycles. The molecular weight excluding hydrogens is 1020 g/mol. The monoisotopic (exact) mass is 1060 g/mol. The van der Waals surface area contributed by atoms with Gasteiger partial charge in [0.1, 0.15) is 0 Å². The van der Waals surface area contributed by atoms with Gasteiger partial charge in [-0.15, -0.1) is 0 Å². The molecule has 16 N–H and O–H groups in total. The van der Waals surface area contributed by atoms with E-state index in [1.807, 2.05) is 0 Å². The van der Waals surface area contributed by atoms with Crippen LogP contribution in [0.2, 0.25) is 0 Å². The maximum atomic E-state index is 10.3. The molecule has 0 atom stereocenters. The molecule has 0 aliphatic heterocycles. The van der Waals surface area contributed by atoms with Crippen molar-refractivity contribution in [3.63, 3.8) is 0 Å². The molecule has 0 rings (SSSR count). The fourth-order valence-corrected chi connectivity index (χ4v) is 2.86. The van der Waals surface area contributed by atoms with Gasteiger partial charge in [-0.05, 0) is 0 Å². The Morgan fingerprint density at radius 2 is 0.309 bits per heavy atom. The zero-order valence-electron chi connectivity index (χ0n) is 26.9. The Morgan fingerprint density at radius 3 is 0.345 bits per heavy atom. The summed E-state index contributed by atoms with van der Waals surface area (Å²) < 4.78 is 0. The predicted molar refractivity (Wildman–Crippen MR) is 148 cm³/mol. The molecule has 0 aliphatic rings. The van der Waals surface area contributed by atoms with Crippen molar-refractivity contribution in [1.29, 1.82) is 0 Å². The number of carboxylic acid groups (broad SMARTS) is 12. The summed E-state index contributed by atoms with van der Waals surface area (Å²) in [6.45, 7) is 0. The summed E-state index contributed by atoms with van der Waals surface area (Å²) in [4.78, 5) is 122. The summed E-state index contributed by atoms with van der Waals surface area (Å²) in [5, 5.41) is 135. The Bertz CT molecular complexity index is 1130. The molecule has 55 heavy (non-hydrogen) atoms. The maximum Gasteiger partial charge on any atom is 0.336 e. The normalized spacial score (nSPS) is 10.3. The number of aliphatic hydroxyl groups is 4. The molecule has 31 heteroatoms. The second-order valence-electron chi connectivity index (χ2n) is 9.91. The molecule has 0 bridgehead atoms. The van der Waals surface area contributed by atoms with Crippen molar-refractivity contribution in [3.05, 3.63) is 0 Å². The van der Waals surface area contributed by atoms with Gasteiger partial charge in [-0.25, -0.2) is 19.2 Å². The van der Waals surface area contributed by atoms with Gasteiger partial charge < -0.3 is 81.7 Å². The average molecular weight is 1060 g/mol. The molecule has 0 saturated carbocycles. The molecule has 0 spiro atoms. The first-order chi connectivity index (χ1) is 23.1. The fraction of sp³-hybridized carbons (Fsp3) is 0.500. The first-order valence-corrected chi connectivity index (χ1v) is 12.7. The second kappa shape index (κ2) is 28.9. The molecule has 0 aliphatic carbocycles. The van der Waals surface area contributed by atoms with Crippen molar-refractivity contribution in [2.45, 2.75) is 73.8 Å². The van der Waals surface area contributed by atoms with Crippen LogP contribution in [0.3, 0.4) is 0 Å². The van der Waals surface area contributed by atoms with E-state index in [4.69, 9.17) is 81.7 Å². The van der Waals surface area contributed by atoms with Gasteiger partial charge in [-0.2, -0.15) is 0 Å². The van der Waals surface area contributed by atoms with E-state index in [-0.39, 0.29) is 63.2 Å². The molecule has 314 valence electrons. The molecule has 0 radical (unpaired) electrons. The number of carboxylic acids is 12. The minimum absolute atomic E-state index is 0. The van der Waals surface area contributed by atoms with Crippen LogP contribution in [-0.4, -0.2) is 176 Å². The third kappa shape index (κ3) is 31.6. The minimum Gasteiger partial charge on any atom is -0.481 e. The van der Waals surface area contributed by atoms with E-state index >= 15 is 0 Å². The van der Waals surface area contributed by atoms with Gasteiger partial charge >= 0.3 is 71.6 Å². The smallest absolute Gasteiger partial charge is 0.336 e. The van der Waals surface area contributed by atoms with Crippen LogP contribution in [0.5, 0.6) is 0 Å². The SMILES string of the molecule is O=C(O)CC(O)(CC(=O)O)C(=O)O.O=C(O)CC(O)(CC(=O)O)C(=O)O.O=C(O)CC(O)(CC(=O)O)C(=O)O.O=C(O)CC(O)(CC(=O)O)C(=O)O.[Mo].[Mo].[Mo]. The summed E-state index contributed by atoms with van der Waals surface area (Å²) in [6.07, 6.45) is -9.15. The third-order valence-corrected chi connectivity index (χ3v) is 5.14. The van der Waals surface area contributed by atoms with Crippen molar-refractivity contribution < 1.29 is 202 Å². The second-order valence-corrected chi connectivity index (χ2v) is 9.91. The van der Waals surface area contributed by atoms with Gasteiger partial charge in [0.15, 0.2) is 22.4 Å². The van der Waals surface area contributed by atoms with E-state index in [1.54, 1.807) is 0 Å². The third-order valence-electron chi connectivity index (χ3n) is 5.14. The number of rotatable bonds is 20. The minimum atomic E-state index is -2.74. The Hall–Kier alpha value is -4.46. The summed E-state index contributed by atoms with van der Waals surface area (Å²) in [5.74, 6) is -20.1. The van der Waals surface area contributed by atoms with E-state index in [9.17, 15) is 57.5 Å². The van der Waals surface area contributed by atoms with Crippen molar-refractivity contribution in [2.75, 3.05) is 0 Å². The summed E-state index contributed by atoms with van der Waals surface area (Å²) in [7, 11) is 0. The summed E-state index contributed by atoms with van der Waals surface area (Å²) in [6, 6.07) is 0. The molecule has 0 saturated heterocycles. The Morgan fingerprint density at radius 1 is 0.236 bits per heavy atom. The average Bonchev–Trinajstić information content (AvgIpc) is 2.85. The van der Waals surface area contributed by atoms with Crippen LogP contribution in [-0.2, 0) is 121 Å². The van der Waals surface area contributed by atoms with Gasteiger partial charge in [0.25, 0.3) is 0 Å². The molecule has 0 aromatic rings. The van der Waals surface area contributed by atoms with E-state index in [2.05, 4.69) is 0 Å². The number of hydrogen-bond acceptors (Lipinski definition) is 16. The Labute approximate surface area is 346 Å². The van der Waals surface area contributed by atoms with Crippen LogP contribution in [0.1, 0.15) is 51.4 Å². The number of carbonyl (C=O) groups is 12.